The van der Waals surface area contributed by atoms with E-state index in [4.69, 9.17) is 12.2 Å². The largest absolute Gasteiger partial charge is 0.358 e. The lowest BCUT2D eigenvalue weighted by Crippen LogP contribution is -2.49. The summed E-state index contributed by atoms with van der Waals surface area (Å²) < 4.78 is 0. The van der Waals surface area contributed by atoms with Gasteiger partial charge in [0.05, 0.1) is 0 Å². The van der Waals surface area contributed by atoms with Crippen LogP contribution in [0, 0.1) is 6.92 Å². The van der Waals surface area contributed by atoms with Crippen molar-refractivity contribution in [3.8, 4) is 0 Å². The number of aryl methyl sites for hydroxylation is 1. The number of rotatable bonds is 4. The lowest BCUT2D eigenvalue weighted by atomic mass is 10.0. The van der Waals surface area contributed by atoms with Crippen LogP contribution in [0.4, 0.5) is 0 Å². The van der Waals surface area contributed by atoms with Crippen LogP contribution in [-0.2, 0) is 6.54 Å². The number of carbonyl (C=O) groups excluding carboxylic acids is 1. The van der Waals surface area contributed by atoms with Crippen LogP contribution in [0.25, 0.3) is 0 Å². The van der Waals surface area contributed by atoms with E-state index in [2.05, 4.69) is 27.7 Å². The molecular weight excluding hydrogens is 342 g/mol. The topological polar surface area (TPSA) is 44.4 Å². The summed E-state index contributed by atoms with van der Waals surface area (Å²) in [7, 11) is 0. The van der Waals surface area contributed by atoms with Crippen molar-refractivity contribution in [3.63, 3.8) is 0 Å². The fraction of sp³-hybridized carbons (Fsp3) is 0.333. The van der Waals surface area contributed by atoms with Gasteiger partial charge in [0, 0.05) is 31.2 Å². The maximum atomic E-state index is 12.3. The van der Waals surface area contributed by atoms with Crippen LogP contribution in [-0.4, -0.2) is 35.1 Å². The lowest BCUT2D eigenvalue weighted by Gasteiger charge is -2.34. The molecule has 0 spiro atoms. The SMILES string of the molecule is Cc1ccc(C(=O)NC2CCN(C(=S)NCc3ccccc3)CC2)cc1. The van der Waals surface area contributed by atoms with E-state index in [1.165, 1.54) is 5.56 Å². The van der Waals surface area contributed by atoms with Gasteiger partial charge in [-0.15, -0.1) is 0 Å². The molecule has 1 heterocycles. The first-order chi connectivity index (χ1) is 12.6. The van der Waals surface area contributed by atoms with Gasteiger partial charge < -0.3 is 15.5 Å². The molecule has 3 rings (SSSR count). The molecule has 1 aliphatic rings. The second-order valence-corrected chi connectivity index (χ2v) is 7.13. The molecule has 2 aromatic rings. The van der Waals surface area contributed by atoms with Gasteiger partial charge in [-0.2, -0.15) is 0 Å². The van der Waals surface area contributed by atoms with E-state index < -0.39 is 0 Å². The Labute approximate surface area is 160 Å². The Hall–Kier alpha value is -2.40. The monoisotopic (exact) mass is 367 g/mol. The van der Waals surface area contributed by atoms with Crippen LogP contribution in [0.15, 0.2) is 54.6 Å². The highest BCUT2D eigenvalue weighted by atomic mass is 32.1. The summed E-state index contributed by atoms with van der Waals surface area (Å²) in [5.74, 6) is 0.00762. The molecular formula is C21H25N3OS. The molecule has 0 radical (unpaired) electrons. The van der Waals surface area contributed by atoms with E-state index >= 15 is 0 Å². The van der Waals surface area contributed by atoms with Gasteiger partial charge in [-0.25, -0.2) is 0 Å². The highest BCUT2D eigenvalue weighted by molar-refractivity contribution is 7.80. The van der Waals surface area contributed by atoms with Crippen LogP contribution >= 0.6 is 12.2 Å². The Morgan fingerprint density at radius 1 is 1.08 bits per heavy atom. The van der Waals surface area contributed by atoms with Gasteiger partial charge in [0.25, 0.3) is 5.91 Å². The van der Waals surface area contributed by atoms with Crippen molar-refractivity contribution in [2.75, 3.05) is 13.1 Å². The zero-order valence-corrected chi connectivity index (χ0v) is 15.9. The van der Waals surface area contributed by atoms with Crippen molar-refractivity contribution in [3.05, 3.63) is 71.3 Å². The molecule has 0 bridgehead atoms. The van der Waals surface area contributed by atoms with Crippen LogP contribution < -0.4 is 10.6 Å². The fourth-order valence-corrected chi connectivity index (χ4v) is 3.34. The quantitative estimate of drug-likeness (QED) is 0.814. The summed E-state index contributed by atoms with van der Waals surface area (Å²) in [5, 5.41) is 7.26. The van der Waals surface area contributed by atoms with Gasteiger partial charge in [0.15, 0.2) is 5.11 Å². The predicted molar refractivity (Wildman–Crippen MR) is 109 cm³/mol. The van der Waals surface area contributed by atoms with Gasteiger partial charge in [0.2, 0.25) is 0 Å². The van der Waals surface area contributed by atoms with Gasteiger partial charge in [-0.3, -0.25) is 4.79 Å². The zero-order chi connectivity index (χ0) is 18.4. The third-order valence-electron chi connectivity index (χ3n) is 4.72. The van der Waals surface area contributed by atoms with Crippen molar-refractivity contribution in [1.29, 1.82) is 0 Å². The van der Waals surface area contributed by atoms with E-state index in [1.807, 2.05) is 49.4 Å². The number of carbonyl (C=O) groups is 1. The molecule has 1 aliphatic heterocycles. The molecule has 0 unspecified atom stereocenters. The predicted octanol–water partition coefficient (Wildman–Crippen LogP) is 3.26. The van der Waals surface area contributed by atoms with Crippen LogP contribution in [0.2, 0.25) is 0 Å². The summed E-state index contributed by atoms with van der Waals surface area (Å²) in [6.45, 7) is 4.48. The normalized spacial score (nSPS) is 14.7. The first kappa shape index (κ1) is 18.4. The number of hydrogen-bond acceptors (Lipinski definition) is 2. The summed E-state index contributed by atoms with van der Waals surface area (Å²) in [4.78, 5) is 14.5. The molecule has 1 saturated heterocycles. The molecule has 5 heteroatoms. The fourth-order valence-electron chi connectivity index (χ4n) is 3.09. The maximum absolute atomic E-state index is 12.3. The minimum Gasteiger partial charge on any atom is -0.358 e. The summed E-state index contributed by atoms with van der Waals surface area (Å²) in [5.41, 5.74) is 3.10. The average Bonchev–Trinajstić information content (AvgIpc) is 2.68. The standard InChI is InChI=1S/C21H25N3OS/c1-16-7-9-18(10-8-16)20(25)23-19-11-13-24(14-12-19)21(26)22-15-17-5-3-2-4-6-17/h2-10,19H,11-15H2,1H3,(H,22,26)(H,23,25). The molecule has 0 aliphatic carbocycles. The Kier molecular flexibility index (Phi) is 6.23. The van der Waals surface area contributed by atoms with Gasteiger partial charge in [0.1, 0.15) is 0 Å². The number of benzene rings is 2. The van der Waals surface area contributed by atoms with E-state index in [1.54, 1.807) is 0 Å². The van der Waals surface area contributed by atoms with E-state index in [0.29, 0.717) is 0 Å². The molecule has 4 nitrogen and oxygen atoms in total. The van der Waals surface area contributed by atoms with E-state index in [0.717, 1.165) is 48.7 Å². The highest BCUT2D eigenvalue weighted by Gasteiger charge is 2.22. The Balaban J connectivity index is 1.42. The Bertz CT molecular complexity index is 738. The number of hydrogen-bond donors (Lipinski definition) is 2. The molecule has 0 aromatic heterocycles. The van der Waals surface area contributed by atoms with Crippen molar-refractivity contribution in [2.24, 2.45) is 0 Å². The first-order valence-electron chi connectivity index (χ1n) is 9.06. The smallest absolute Gasteiger partial charge is 0.251 e. The minimum atomic E-state index is 0.00762. The number of amides is 1. The average molecular weight is 368 g/mol. The third kappa shape index (κ3) is 5.05. The minimum absolute atomic E-state index is 0.00762. The van der Waals surface area contributed by atoms with Gasteiger partial charge >= 0.3 is 0 Å². The third-order valence-corrected chi connectivity index (χ3v) is 5.12. The second kappa shape index (κ2) is 8.81. The van der Waals surface area contributed by atoms with Crippen molar-refractivity contribution >= 4 is 23.2 Å². The zero-order valence-electron chi connectivity index (χ0n) is 15.1. The number of nitrogens with zero attached hydrogens (tertiary/aromatic N) is 1. The Morgan fingerprint density at radius 3 is 2.38 bits per heavy atom. The summed E-state index contributed by atoms with van der Waals surface area (Å²) >= 11 is 5.52. The van der Waals surface area contributed by atoms with E-state index in [-0.39, 0.29) is 11.9 Å². The van der Waals surface area contributed by atoms with E-state index in [9.17, 15) is 4.79 Å². The summed E-state index contributed by atoms with van der Waals surface area (Å²) in [6, 6.07) is 18.1. The second-order valence-electron chi connectivity index (χ2n) is 6.75. The maximum Gasteiger partial charge on any atom is 0.251 e. The number of nitrogens with one attached hydrogen (secondary N) is 2. The highest BCUT2D eigenvalue weighted by Crippen LogP contribution is 2.12. The first-order valence-corrected chi connectivity index (χ1v) is 9.47. The number of piperidine rings is 1. The number of likely N-dealkylation sites (tertiary alicyclic amines) is 1. The molecule has 1 fully saturated rings. The molecule has 1 amide bonds. The summed E-state index contributed by atoms with van der Waals surface area (Å²) in [6.07, 6.45) is 1.81. The molecule has 26 heavy (non-hydrogen) atoms. The van der Waals surface area contributed by atoms with Gasteiger partial charge in [-0.1, -0.05) is 48.0 Å². The lowest BCUT2D eigenvalue weighted by molar-refractivity contribution is 0.0922. The van der Waals surface area contributed by atoms with Crippen LogP contribution in [0.3, 0.4) is 0 Å². The molecule has 0 atom stereocenters. The van der Waals surface area contributed by atoms with Crippen molar-refractivity contribution in [1.82, 2.24) is 15.5 Å². The van der Waals surface area contributed by atoms with Crippen molar-refractivity contribution < 1.29 is 4.79 Å². The Morgan fingerprint density at radius 2 is 1.73 bits per heavy atom. The molecule has 136 valence electrons. The number of thiocarbonyl (C=S) groups is 1. The molecule has 2 aromatic carbocycles. The van der Waals surface area contributed by atoms with Crippen LogP contribution in [0.1, 0.15) is 34.3 Å². The van der Waals surface area contributed by atoms with Crippen LogP contribution in [0.5, 0.6) is 0 Å². The van der Waals surface area contributed by atoms with Gasteiger partial charge in [-0.05, 0) is 49.7 Å². The molecule has 0 saturated carbocycles. The molecule has 2 N–H and O–H groups in total. The van der Waals surface area contributed by atoms with Crippen molar-refractivity contribution in [2.45, 2.75) is 32.4 Å².